The van der Waals surface area contributed by atoms with Gasteiger partial charge in [0.05, 0.1) is 0 Å². The normalized spacial score (nSPS) is 33.2. The third-order valence-electron chi connectivity index (χ3n) is 6.12. The average molecular weight is 293 g/mol. The molecule has 0 radical (unpaired) electrons. The largest absolute Gasteiger partial charge is 0.0999 e. The third kappa shape index (κ3) is 7.02. The molecule has 0 spiro atoms. The minimum absolute atomic E-state index is 0.844. The molecule has 0 N–H and O–H groups in total. The van der Waals surface area contributed by atoms with E-state index in [1.165, 1.54) is 63.4 Å². The zero-order valence-electron chi connectivity index (χ0n) is 15.5. The first-order valence-electron chi connectivity index (χ1n) is 9.59. The number of hydrogen-bond acceptors (Lipinski definition) is 0. The molecule has 0 saturated heterocycles. The Balaban J connectivity index is 0.000000211. The van der Waals surface area contributed by atoms with Crippen molar-refractivity contribution in [2.45, 2.75) is 92.4 Å². The smallest absolute Gasteiger partial charge is 0.0208 e. The summed E-state index contributed by atoms with van der Waals surface area (Å²) in [5, 5.41) is 0. The fraction of sp³-hybridized carbons (Fsp3) is 0.905. The van der Waals surface area contributed by atoms with Crippen LogP contribution in [0.3, 0.4) is 0 Å². The van der Waals surface area contributed by atoms with Crippen molar-refractivity contribution >= 4 is 0 Å². The Morgan fingerprint density at radius 3 is 1.86 bits per heavy atom. The molecule has 0 bridgehead atoms. The highest BCUT2D eigenvalue weighted by Crippen LogP contribution is 2.34. The predicted molar refractivity (Wildman–Crippen MR) is 96.5 cm³/mol. The number of rotatable bonds is 3. The molecule has 2 rings (SSSR count). The number of hydrogen-bond donors (Lipinski definition) is 0. The van der Waals surface area contributed by atoms with Crippen LogP contribution >= 0.6 is 0 Å². The van der Waals surface area contributed by atoms with E-state index in [0.717, 1.165) is 29.6 Å². The molecule has 2 aliphatic carbocycles. The standard InChI is InChI=1S/C11H22.C10H18/c1-4-10-5-7-11(8-6-10)9(2)3;1-8(2)10-6-4-9(3)5-7-10/h9-11H,4-8H2,1-3H3;9-10H,1,4-7H2,2-3H3. The summed E-state index contributed by atoms with van der Waals surface area (Å²) in [4.78, 5) is 0. The van der Waals surface area contributed by atoms with Crippen LogP contribution in [0.4, 0.5) is 0 Å². The van der Waals surface area contributed by atoms with Gasteiger partial charge in [-0.05, 0) is 62.2 Å². The van der Waals surface area contributed by atoms with Gasteiger partial charge in [-0.15, -0.1) is 0 Å². The second-order valence-corrected chi connectivity index (χ2v) is 8.24. The lowest BCUT2D eigenvalue weighted by molar-refractivity contribution is 0.221. The van der Waals surface area contributed by atoms with Gasteiger partial charge in [0.2, 0.25) is 0 Å². The fourth-order valence-electron chi connectivity index (χ4n) is 4.02. The molecule has 2 saturated carbocycles. The van der Waals surface area contributed by atoms with Crippen LogP contribution in [0.15, 0.2) is 12.2 Å². The summed E-state index contributed by atoms with van der Waals surface area (Å²) in [7, 11) is 0. The summed E-state index contributed by atoms with van der Waals surface area (Å²) >= 11 is 0. The van der Waals surface area contributed by atoms with Crippen LogP contribution in [0, 0.1) is 29.6 Å². The molecule has 0 aromatic rings. The van der Waals surface area contributed by atoms with E-state index in [-0.39, 0.29) is 0 Å². The van der Waals surface area contributed by atoms with Gasteiger partial charge < -0.3 is 0 Å². The van der Waals surface area contributed by atoms with Crippen molar-refractivity contribution in [2.24, 2.45) is 29.6 Å². The minimum atomic E-state index is 0.844. The first-order valence-corrected chi connectivity index (χ1v) is 9.59. The summed E-state index contributed by atoms with van der Waals surface area (Å²) < 4.78 is 0. The van der Waals surface area contributed by atoms with Gasteiger partial charge in [0.1, 0.15) is 0 Å². The Labute approximate surface area is 134 Å². The Morgan fingerprint density at radius 1 is 0.952 bits per heavy atom. The quantitative estimate of drug-likeness (QED) is 0.481. The van der Waals surface area contributed by atoms with Crippen molar-refractivity contribution in [3.63, 3.8) is 0 Å². The van der Waals surface area contributed by atoms with Crippen LogP contribution in [0.5, 0.6) is 0 Å². The Kier molecular flexibility index (Phi) is 8.67. The molecule has 124 valence electrons. The minimum Gasteiger partial charge on any atom is -0.0999 e. The van der Waals surface area contributed by atoms with Crippen LogP contribution < -0.4 is 0 Å². The van der Waals surface area contributed by atoms with Gasteiger partial charge in [-0.2, -0.15) is 0 Å². The van der Waals surface area contributed by atoms with E-state index in [9.17, 15) is 0 Å². The van der Waals surface area contributed by atoms with Crippen molar-refractivity contribution in [2.75, 3.05) is 0 Å². The van der Waals surface area contributed by atoms with Crippen molar-refractivity contribution in [3.8, 4) is 0 Å². The maximum absolute atomic E-state index is 4.00. The molecule has 0 atom stereocenters. The Bertz CT molecular complexity index is 272. The predicted octanol–water partition coefficient (Wildman–Crippen LogP) is 7.25. The third-order valence-corrected chi connectivity index (χ3v) is 6.12. The van der Waals surface area contributed by atoms with Gasteiger partial charge in [-0.1, -0.05) is 72.0 Å². The van der Waals surface area contributed by atoms with Crippen LogP contribution in [0.1, 0.15) is 92.4 Å². The molecule has 2 fully saturated rings. The van der Waals surface area contributed by atoms with Gasteiger partial charge >= 0.3 is 0 Å². The van der Waals surface area contributed by atoms with Crippen LogP contribution in [-0.2, 0) is 0 Å². The van der Waals surface area contributed by atoms with Crippen molar-refractivity contribution in [1.82, 2.24) is 0 Å². The maximum atomic E-state index is 4.00. The fourth-order valence-corrected chi connectivity index (χ4v) is 4.02. The molecule has 0 unspecified atom stereocenters. The highest BCUT2D eigenvalue weighted by molar-refractivity contribution is 4.97. The van der Waals surface area contributed by atoms with Gasteiger partial charge in [0.15, 0.2) is 0 Å². The molecule has 0 heterocycles. The second-order valence-electron chi connectivity index (χ2n) is 8.24. The van der Waals surface area contributed by atoms with Crippen molar-refractivity contribution in [1.29, 1.82) is 0 Å². The molecule has 0 heteroatoms. The van der Waals surface area contributed by atoms with Crippen molar-refractivity contribution in [3.05, 3.63) is 12.2 Å². The summed E-state index contributed by atoms with van der Waals surface area (Å²) in [5.74, 6) is 4.84. The van der Waals surface area contributed by atoms with E-state index in [4.69, 9.17) is 0 Å². The zero-order valence-corrected chi connectivity index (χ0v) is 15.5. The topological polar surface area (TPSA) is 0 Å². The lowest BCUT2D eigenvalue weighted by atomic mass is 9.76. The molecule has 0 nitrogen and oxygen atoms in total. The summed E-state index contributed by atoms with van der Waals surface area (Å²) in [6.45, 7) is 15.6. The maximum Gasteiger partial charge on any atom is -0.0208 e. The Morgan fingerprint density at radius 2 is 1.48 bits per heavy atom. The molecule has 0 aliphatic heterocycles. The van der Waals surface area contributed by atoms with Crippen molar-refractivity contribution < 1.29 is 0 Å². The van der Waals surface area contributed by atoms with Gasteiger partial charge in [0, 0.05) is 0 Å². The highest BCUT2D eigenvalue weighted by atomic mass is 14.3. The molecule has 21 heavy (non-hydrogen) atoms. The average Bonchev–Trinajstić information content (AvgIpc) is 2.48. The molecular weight excluding hydrogens is 252 g/mol. The lowest BCUT2D eigenvalue weighted by Crippen LogP contribution is -2.17. The summed E-state index contributed by atoms with van der Waals surface area (Å²) in [6.07, 6.45) is 13.0. The first kappa shape index (κ1) is 18.8. The van der Waals surface area contributed by atoms with E-state index in [1.54, 1.807) is 0 Å². The van der Waals surface area contributed by atoms with Crippen LogP contribution in [0.2, 0.25) is 0 Å². The van der Waals surface area contributed by atoms with E-state index in [0.29, 0.717) is 0 Å². The zero-order chi connectivity index (χ0) is 15.8. The highest BCUT2D eigenvalue weighted by Gasteiger charge is 2.21. The van der Waals surface area contributed by atoms with Gasteiger partial charge in [0.25, 0.3) is 0 Å². The van der Waals surface area contributed by atoms with E-state index >= 15 is 0 Å². The molecule has 2 aliphatic rings. The monoisotopic (exact) mass is 292 g/mol. The SMILES string of the molecule is C=C(C)C1CCC(C)CC1.CCC1CCC(C(C)C)CC1. The first-order chi connectivity index (χ1) is 9.93. The van der Waals surface area contributed by atoms with E-state index in [2.05, 4.69) is 41.2 Å². The Hall–Kier alpha value is -0.260. The molecule has 0 amide bonds. The summed E-state index contributed by atoms with van der Waals surface area (Å²) in [6, 6.07) is 0. The number of allylic oxidation sites excluding steroid dienone is 1. The molecule has 0 aromatic heterocycles. The van der Waals surface area contributed by atoms with Gasteiger partial charge in [-0.3, -0.25) is 0 Å². The molecular formula is C21H40. The van der Waals surface area contributed by atoms with E-state index in [1.807, 2.05) is 0 Å². The summed E-state index contributed by atoms with van der Waals surface area (Å²) in [5.41, 5.74) is 1.40. The van der Waals surface area contributed by atoms with Crippen LogP contribution in [0.25, 0.3) is 0 Å². The second kappa shape index (κ2) is 9.70. The molecule has 0 aromatic carbocycles. The van der Waals surface area contributed by atoms with Crippen LogP contribution in [-0.4, -0.2) is 0 Å². The lowest BCUT2D eigenvalue weighted by Gasteiger charge is -2.30. The van der Waals surface area contributed by atoms with E-state index < -0.39 is 0 Å². The van der Waals surface area contributed by atoms with Gasteiger partial charge in [-0.25, -0.2) is 0 Å².